The van der Waals surface area contributed by atoms with Crippen LogP contribution in [0, 0.1) is 0 Å². The molecule has 0 bridgehead atoms. The Labute approximate surface area is 141 Å². The normalized spacial score (nSPS) is 14.6. The van der Waals surface area contributed by atoms with E-state index < -0.39 is 6.10 Å². The average molecular weight is 324 g/mol. The van der Waals surface area contributed by atoms with Gasteiger partial charge in [0.05, 0.1) is 11.4 Å². The Kier molecular flexibility index (Phi) is 4.51. The molecule has 0 saturated carbocycles. The predicted molar refractivity (Wildman–Crippen MR) is 93.3 cm³/mol. The summed E-state index contributed by atoms with van der Waals surface area (Å²) in [6, 6.07) is 14.9. The van der Waals surface area contributed by atoms with Gasteiger partial charge in [-0.25, -0.2) is 0 Å². The molecule has 1 heterocycles. The van der Waals surface area contributed by atoms with Gasteiger partial charge in [-0.1, -0.05) is 37.3 Å². The molecule has 2 aromatic carbocycles. The molecule has 5 nitrogen and oxygen atoms in total. The maximum absolute atomic E-state index is 12.8. The number of rotatable bonds is 4. The number of nitrogens with one attached hydrogen (secondary N) is 1. The first kappa shape index (κ1) is 16.1. The fourth-order valence-corrected chi connectivity index (χ4v) is 2.80. The second-order valence-corrected chi connectivity index (χ2v) is 5.71. The summed E-state index contributed by atoms with van der Waals surface area (Å²) in [4.78, 5) is 26.2. The van der Waals surface area contributed by atoms with Gasteiger partial charge in [0, 0.05) is 0 Å². The Morgan fingerprint density at radius 1 is 1.21 bits per heavy atom. The number of carbonyl (C=O) groups is 2. The molecule has 0 aromatic heterocycles. The number of para-hydroxylation sites is 3. The quantitative estimate of drug-likeness (QED) is 0.940. The Morgan fingerprint density at radius 2 is 1.92 bits per heavy atom. The van der Waals surface area contributed by atoms with Crippen molar-refractivity contribution in [3.05, 3.63) is 54.1 Å². The molecule has 0 spiro atoms. The van der Waals surface area contributed by atoms with Crippen LogP contribution >= 0.6 is 0 Å². The van der Waals surface area contributed by atoms with Crippen LogP contribution in [0.3, 0.4) is 0 Å². The fraction of sp³-hybridized carbons (Fsp3) is 0.263. The number of benzene rings is 2. The number of nitrogens with zero attached hydrogens (tertiary/aromatic N) is 1. The maximum Gasteiger partial charge on any atom is 0.268 e. The fourth-order valence-electron chi connectivity index (χ4n) is 2.80. The van der Waals surface area contributed by atoms with Gasteiger partial charge in [-0.3, -0.25) is 14.5 Å². The highest BCUT2D eigenvalue weighted by Gasteiger charge is 2.30. The third-order valence-electron chi connectivity index (χ3n) is 4.04. The summed E-state index contributed by atoms with van der Waals surface area (Å²) in [6.45, 7) is 3.75. The first-order valence-corrected chi connectivity index (χ1v) is 8.05. The second kappa shape index (κ2) is 6.74. The van der Waals surface area contributed by atoms with Crippen LogP contribution in [-0.2, 0) is 16.0 Å². The van der Waals surface area contributed by atoms with Gasteiger partial charge in [-0.05, 0) is 37.1 Å². The van der Waals surface area contributed by atoms with Gasteiger partial charge in [-0.2, -0.15) is 0 Å². The van der Waals surface area contributed by atoms with Crippen molar-refractivity contribution in [1.82, 2.24) is 0 Å². The number of hydrogen-bond donors (Lipinski definition) is 1. The Morgan fingerprint density at radius 3 is 2.71 bits per heavy atom. The summed E-state index contributed by atoms with van der Waals surface area (Å²) < 4.78 is 5.88. The summed E-state index contributed by atoms with van der Waals surface area (Å²) in [5, 5.41) is 2.78. The number of ether oxygens (including phenoxy) is 1. The van der Waals surface area contributed by atoms with Gasteiger partial charge in [-0.15, -0.1) is 0 Å². The molecule has 1 aliphatic rings. The first-order chi connectivity index (χ1) is 11.6. The van der Waals surface area contributed by atoms with Crippen molar-refractivity contribution in [3.63, 3.8) is 0 Å². The number of amides is 2. The van der Waals surface area contributed by atoms with Gasteiger partial charge in [0.2, 0.25) is 5.91 Å². The smallest absolute Gasteiger partial charge is 0.268 e. The lowest BCUT2D eigenvalue weighted by Crippen LogP contribution is -2.47. The maximum atomic E-state index is 12.8. The largest absolute Gasteiger partial charge is 0.481 e. The molecule has 2 aromatic rings. The van der Waals surface area contributed by atoms with Crippen LogP contribution in [0.15, 0.2) is 48.5 Å². The van der Waals surface area contributed by atoms with Crippen LogP contribution in [0.25, 0.3) is 0 Å². The number of carbonyl (C=O) groups excluding carboxylic acids is 2. The van der Waals surface area contributed by atoms with E-state index in [4.69, 9.17) is 4.74 Å². The summed E-state index contributed by atoms with van der Waals surface area (Å²) in [5.74, 6) is 0.266. The zero-order valence-corrected chi connectivity index (χ0v) is 13.8. The van der Waals surface area contributed by atoms with Crippen molar-refractivity contribution < 1.29 is 14.3 Å². The summed E-state index contributed by atoms with van der Waals surface area (Å²) in [6.07, 6.45) is 0.142. The third-order valence-corrected chi connectivity index (χ3v) is 4.04. The number of aryl methyl sites for hydroxylation is 1. The lowest BCUT2D eigenvalue weighted by atomic mass is 10.1. The number of fused-ring (bicyclic) bond motifs is 1. The van der Waals surface area contributed by atoms with E-state index in [1.165, 1.54) is 4.90 Å². The monoisotopic (exact) mass is 324 g/mol. The molecule has 0 saturated heterocycles. The van der Waals surface area contributed by atoms with Crippen LogP contribution in [0.4, 0.5) is 11.4 Å². The first-order valence-electron chi connectivity index (χ1n) is 8.05. The topological polar surface area (TPSA) is 58.6 Å². The van der Waals surface area contributed by atoms with Crippen molar-refractivity contribution >= 4 is 23.2 Å². The van der Waals surface area contributed by atoms with Gasteiger partial charge >= 0.3 is 0 Å². The van der Waals surface area contributed by atoms with Gasteiger partial charge in [0.15, 0.2) is 6.10 Å². The van der Waals surface area contributed by atoms with Crippen LogP contribution < -0.4 is 15.0 Å². The Hall–Kier alpha value is -2.82. The van der Waals surface area contributed by atoms with Crippen molar-refractivity contribution in [3.8, 4) is 5.75 Å². The minimum absolute atomic E-state index is 0.00102. The van der Waals surface area contributed by atoms with Crippen LogP contribution in [0.5, 0.6) is 5.75 Å². The standard InChI is InChI=1S/C19H20N2O3/c1-3-14-8-4-7-11-17(14)24-13(2)19(23)21-12-18(22)20-15-9-5-6-10-16(15)21/h4-11,13H,3,12H2,1-2H3,(H,20,22)/t13-/m1/s1. The van der Waals surface area contributed by atoms with E-state index in [0.29, 0.717) is 17.1 Å². The predicted octanol–water partition coefficient (Wildman–Crippen LogP) is 3.00. The van der Waals surface area contributed by atoms with Crippen molar-refractivity contribution in [2.75, 3.05) is 16.8 Å². The van der Waals surface area contributed by atoms with E-state index >= 15 is 0 Å². The molecular weight excluding hydrogens is 304 g/mol. The van der Waals surface area contributed by atoms with Crippen molar-refractivity contribution in [2.24, 2.45) is 0 Å². The minimum Gasteiger partial charge on any atom is -0.481 e. The minimum atomic E-state index is -0.684. The SMILES string of the molecule is CCc1ccccc1O[C@H](C)C(=O)N1CC(=O)Nc2ccccc21. The van der Waals surface area contributed by atoms with E-state index in [-0.39, 0.29) is 18.4 Å². The van der Waals surface area contributed by atoms with E-state index in [1.54, 1.807) is 13.0 Å². The lowest BCUT2D eigenvalue weighted by Gasteiger charge is -2.31. The Balaban J connectivity index is 1.82. The molecule has 1 atom stereocenters. The number of hydrogen-bond acceptors (Lipinski definition) is 3. The van der Waals surface area contributed by atoms with Crippen LogP contribution in [0.2, 0.25) is 0 Å². The third kappa shape index (κ3) is 3.11. The Bertz CT molecular complexity index is 773. The molecule has 0 aliphatic carbocycles. The molecule has 124 valence electrons. The molecule has 5 heteroatoms. The molecule has 3 rings (SSSR count). The zero-order valence-electron chi connectivity index (χ0n) is 13.8. The molecule has 1 aliphatic heterocycles. The highest BCUT2D eigenvalue weighted by molar-refractivity contribution is 6.10. The van der Waals surface area contributed by atoms with Gasteiger partial charge < -0.3 is 10.1 Å². The van der Waals surface area contributed by atoms with Crippen molar-refractivity contribution in [1.29, 1.82) is 0 Å². The summed E-state index contributed by atoms with van der Waals surface area (Å²) in [7, 11) is 0. The van der Waals surface area contributed by atoms with E-state index in [0.717, 1.165) is 12.0 Å². The molecule has 24 heavy (non-hydrogen) atoms. The van der Waals surface area contributed by atoms with E-state index in [2.05, 4.69) is 5.32 Å². The molecule has 0 fully saturated rings. The van der Waals surface area contributed by atoms with Gasteiger partial charge in [0.1, 0.15) is 12.3 Å². The highest BCUT2D eigenvalue weighted by Crippen LogP contribution is 2.30. The number of anilines is 2. The summed E-state index contributed by atoms with van der Waals surface area (Å²) in [5.41, 5.74) is 2.39. The van der Waals surface area contributed by atoms with Crippen LogP contribution in [-0.4, -0.2) is 24.5 Å². The van der Waals surface area contributed by atoms with E-state index in [9.17, 15) is 9.59 Å². The molecule has 0 unspecified atom stereocenters. The second-order valence-electron chi connectivity index (χ2n) is 5.71. The van der Waals surface area contributed by atoms with Crippen molar-refractivity contribution in [2.45, 2.75) is 26.4 Å². The highest BCUT2D eigenvalue weighted by atomic mass is 16.5. The lowest BCUT2D eigenvalue weighted by molar-refractivity contribution is -0.126. The summed E-state index contributed by atoms with van der Waals surface area (Å²) >= 11 is 0. The van der Waals surface area contributed by atoms with Gasteiger partial charge in [0.25, 0.3) is 5.91 Å². The average Bonchev–Trinajstić information content (AvgIpc) is 2.60. The van der Waals surface area contributed by atoms with Crippen LogP contribution in [0.1, 0.15) is 19.4 Å². The molecule has 1 N–H and O–H groups in total. The molecular formula is C19H20N2O3. The zero-order chi connectivity index (χ0) is 17.1. The molecule has 0 radical (unpaired) electrons. The van der Waals surface area contributed by atoms with E-state index in [1.807, 2.05) is 49.4 Å². The molecule has 2 amide bonds.